The molecule has 0 saturated carbocycles. The van der Waals surface area contributed by atoms with Crippen molar-refractivity contribution < 1.29 is 24.3 Å². The van der Waals surface area contributed by atoms with E-state index in [0.29, 0.717) is 26.4 Å². The summed E-state index contributed by atoms with van der Waals surface area (Å²) in [6.07, 6.45) is 0. The van der Waals surface area contributed by atoms with Crippen molar-refractivity contribution in [2.75, 3.05) is 24.3 Å². The zero-order valence-electron chi connectivity index (χ0n) is 18.3. The zero-order chi connectivity index (χ0) is 24.4. The molecule has 6 N–H and O–H groups in total. The minimum absolute atomic E-state index is 0. The van der Waals surface area contributed by atoms with E-state index in [0.717, 1.165) is 11.3 Å². The van der Waals surface area contributed by atoms with Crippen molar-refractivity contribution in [2.45, 2.75) is 22.3 Å². The fraction of sp³-hybridized carbons (Fsp3) is 0.353. The number of rotatable bonds is 9. The summed E-state index contributed by atoms with van der Waals surface area (Å²) in [5, 5.41) is 26.0. The molecule has 196 valence electrons. The van der Waals surface area contributed by atoms with Gasteiger partial charge in [-0.3, -0.25) is 14.5 Å². The number of nitrogen functional groups attached to an aromatic ring is 1. The number of oxime groups is 1. The van der Waals surface area contributed by atoms with Gasteiger partial charge in [0.25, 0.3) is 11.8 Å². The summed E-state index contributed by atoms with van der Waals surface area (Å²) < 4.78 is 0.664. The lowest BCUT2D eigenvalue weighted by Crippen LogP contribution is -2.71. The molecule has 2 aliphatic heterocycles. The lowest BCUT2D eigenvalue weighted by Gasteiger charge is -2.49. The number of halogens is 2. The minimum atomic E-state index is -1.21. The van der Waals surface area contributed by atoms with Crippen molar-refractivity contribution in [3.63, 3.8) is 0 Å². The second-order valence-corrected chi connectivity index (χ2v) is 11.0. The van der Waals surface area contributed by atoms with Crippen molar-refractivity contribution in [2.24, 2.45) is 10.9 Å². The molecule has 0 bridgehead atoms. The van der Waals surface area contributed by atoms with E-state index in [1.807, 2.05) is 0 Å². The highest BCUT2D eigenvalue weighted by Gasteiger charge is 2.54. The lowest BCUT2D eigenvalue weighted by atomic mass is 10.0. The first kappa shape index (κ1) is 30.1. The fourth-order valence-electron chi connectivity index (χ4n) is 3.22. The van der Waals surface area contributed by atoms with Crippen molar-refractivity contribution in [1.29, 1.82) is 0 Å². The first-order chi connectivity index (χ1) is 16.3. The van der Waals surface area contributed by atoms with Crippen LogP contribution in [0.1, 0.15) is 10.7 Å². The number of amides is 2. The van der Waals surface area contributed by atoms with Crippen molar-refractivity contribution in [3.8, 4) is 0 Å². The average molecular weight is 616 g/mol. The van der Waals surface area contributed by atoms with E-state index < -0.39 is 29.2 Å². The largest absolute Gasteiger partial charge is 0.477 e. The number of nitrogens with two attached hydrogens (primary N) is 2. The maximum Gasteiger partial charge on any atom is 0.352 e. The van der Waals surface area contributed by atoms with Crippen LogP contribution in [0.25, 0.3) is 0 Å². The van der Waals surface area contributed by atoms with Gasteiger partial charge in [0, 0.05) is 23.4 Å². The third kappa shape index (κ3) is 6.04. The molecule has 0 aromatic carbocycles. The number of nitrogens with zero attached hydrogens (tertiary/aromatic N) is 5. The number of hydrogen-bond donors (Lipinski definition) is 4. The van der Waals surface area contributed by atoms with E-state index in [1.54, 1.807) is 5.38 Å². The number of thioether (sulfide) groups is 2. The Kier molecular flexibility index (Phi) is 10.8. The quantitative estimate of drug-likeness (QED) is 0.134. The maximum absolute atomic E-state index is 12.9. The Morgan fingerprint density at radius 1 is 1.39 bits per heavy atom. The van der Waals surface area contributed by atoms with Crippen LogP contribution < -0.4 is 16.8 Å². The molecule has 0 radical (unpaired) electrons. The molecule has 1 unspecified atom stereocenters. The standard InChI is InChI=1S/C17H18N8O5S4.2ClH/c1-30-24-9(7-5-32-16(19)20-7)12(26)21-10-13(27)25-11(15(28)29)6(3-31-14(10)25)4-33-17-23-22-8(2-18)34-17;;/h5,10,14H,2-4,18H2,1H3,(H2,19,20)(H,21,26)(H,28,29);2*1H/b24-9-;;/t10?,14-;;/m1../s1. The summed E-state index contributed by atoms with van der Waals surface area (Å²) in [6, 6.07) is -0.922. The van der Waals surface area contributed by atoms with E-state index in [-0.39, 0.29) is 53.6 Å². The Morgan fingerprint density at radius 2 is 2.14 bits per heavy atom. The van der Waals surface area contributed by atoms with Gasteiger partial charge in [-0.05, 0) is 5.57 Å². The predicted octanol–water partition coefficient (Wildman–Crippen LogP) is 0.760. The summed E-state index contributed by atoms with van der Waals surface area (Å²) in [5.41, 5.74) is 11.8. The van der Waals surface area contributed by atoms with Crippen LogP contribution in [-0.4, -0.2) is 78.7 Å². The first-order valence-electron chi connectivity index (χ1n) is 9.52. The highest BCUT2D eigenvalue weighted by molar-refractivity contribution is 8.01. The van der Waals surface area contributed by atoms with Crippen molar-refractivity contribution in [3.05, 3.63) is 27.4 Å². The van der Waals surface area contributed by atoms with Gasteiger partial charge in [0.15, 0.2) is 15.2 Å². The van der Waals surface area contributed by atoms with E-state index in [9.17, 15) is 19.5 Å². The van der Waals surface area contributed by atoms with Crippen LogP contribution in [0.2, 0.25) is 0 Å². The van der Waals surface area contributed by atoms with Gasteiger partial charge in [-0.15, -0.1) is 58.1 Å². The number of aromatic nitrogens is 3. The molecule has 0 spiro atoms. The SMILES string of the molecule is CO/N=C(\C(=O)NC1C(=O)N2C(C(=O)O)=C(CSc3nnc(CN)s3)CS[C@H]12)c1csc(N)n1.Cl.Cl. The molecule has 19 heteroatoms. The molecular weight excluding hydrogens is 595 g/mol. The van der Waals surface area contributed by atoms with E-state index >= 15 is 0 Å². The molecule has 2 amide bonds. The van der Waals surface area contributed by atoms with Crippen LogP contribution in [-0.2, 0) is 25.8 Å². The highest BCUT2D eigenvalue weighted by atomic mass is 35.5. The number of fused-ring (bicyclic) bond motifs is 1. The molecule has 2 aliphatic rings. The molecule has 1 saturated heterocycles. The van der Waals surface area contributed by atoms with E-state index in [1.165, 1.54) is 46.9 Å². The van der Waals surface area contributed by atoms with Crippen LogP contribution in [0, 0.1) is 0 Å². The first-order valence-corrected chi connectivity index (χ1v) is 13.3. The monoisotopic (exact) mass is 614 g/mol. The Balaban J connectivity index is 0.00000228. The molecule has 13 nitrogen and oxygen atoms in total. The van der Waals surface area contributed by atoms with Gasteiger partial charge in [-0.2, -0.15) is 0 Å². The van der Waals surface area contributed by atoms with Gasteiger partial charge in [-0.25, -0.2) is 9.78 Å². The number of thiazole rings is 1. The number of nitrogens with one attached hydrogen (secondary N) is 1. The summed E-state index contributed by atoms with van der Waals surface area (Å²) in [7, 11) is 1.28. The van der Waals surface area contributed by atoms with E-state index in [2.05, 4.69) is 25.7 Å². The van der Waals surface area contributed by atoms with Crippen LogP contribution in [0.3, 0.4) is 0 Å². The number of aliphatic carboxylic acids is 1. The molecule has 4 heterocycles. The normalized spacial score (nSPS) is 19.0. The predicted molar refractivity (Wildman–Crippen MR) is 143 cm³/mol. The number of carbonyl (C=O) groups is 3. The van der Waals surface area contributed by atoms with Gasteiger partial charge in [0.2, 0.25) is 0 Å². The summed E-state index contributed by atoms with van der Waals surface area (Å²) in [4.78, 5) is 47.7. The van der Waals surface area contributed by atoms with Gasteiger partial charge >= 0.3 is 5.97 Å². The molecular formula is C17H20Cl2N8O5S4. The van der Waals surface area contributed by atoms with Gasteiger partial charge in [-0.1, -0.05) is 28.3 Å². The summed E-state index contributed by atoms with van der Waals surface area (Å²) in [5.74, 6) is -1.71. The maximum atomic E-state index is 12.9. The molecule has 0 aliphatic carbocycles. The molecule has 36 heavy (non-hydrogen) atoms. The third-order valence-electron chi connectivity index (χ3n) is 4.69. The third-order valence-corrected chi connectivity index (χ3v) is 8.87. The Morgan fingerprint density at radius 3 is 2.72 bits per heavy atom. The minimum Gasteiger partial charge on any atom is -0.477 e. The number of carboxylic acids is 1. The Labute approximate surface area is 233 Å². The van der Waals surface area contributed by atoms with Crippen LogP contribution in [0.15, 0.2) is 26.1 Å². The molecule has 2 atom stereocenters. The molecule has 1 fully saturated rings. The number of anilines is 1. The summed E-state index contributed by atoms with van der Waals surface area (Å²) >= 11 is 5.16. The number of carboxylic acid groups (broad SMARTS) is 1. The zero-order valence-corrected chi connectivity index (χ0v) is 23.2. The Hall–Kier alpha value is -2.15. The van der Waals surface area contributed by atoms with Gasteiger partial charge in [0.1, 0.15) is 34.9 Å². The number of carbonyl (C=O) groups excluding carboxylic acids is 2. The highest BCUT2D eigenvalue weighted by Crippen LogP contribution is 2.41. The van der Waals surface area contributed by atoms with Crippen LogP contribution >= 0.6 is 71.0 Å². The fourth-order valence-corrected chi connectivity index (χ4v) is 7.03. The second kappa shape index (κ2) is 12.9. The average Bonchev–Trinajstić information content (AvgIpc) is 3.47. The molecule has 2 aromatic heterocycles. The lowest BCUT2D eigenvalue weighted by molar-refractivity contribution is -0.150. The van der Waals surface area contributed by atoms with Crippen LogP contribution in [0.5, 0.6) is 0 Å². The number of hydrogen-bond acceptors (Lipinski definition) is 14. The van der Waals surface area contributed by atoms with Gasteiger partial charge < -0.3 is 26.7 Å². The van der Waals surface area contributed by atoms with E-state index in [4.69, 9.17) is 16.3 Å². The van der Waals surface area contributed by atoms with Gasteiger partial charge in [0.05, 0.1) is 0 Å². The van der Waals surface area contributed by atoms with Crippen molar-refractivity contribution in [1.82, 2.24) is 25.4 Å². The molecule has 4 rings (SSSR count). The molecule has 2 aromatic rings. The smallest absolute Gasteiger partial charge is 0.352 e. The number of β-lactam (4-membered cyclic amide) rings is 1. The topological polar surface area (TPSA) is 199 Å². The van der Waals surface area contributed by atoms with Crippen LogP contribution in [0.4, 0.5) is 5.13 Å². The summed E-state index contributed by atoms with van der Waals surface area (Å²) in [6.45, 7) is 0.279. The second-order valence-electron chi connectivity index (χ2n) is 6.77. The Bertz CT molecular complexity index is 1210. The van der Waals surface area contributed by atoms with Crippen molar-refractivity contribution >= 4 is 99.6 Å².